The van der Waals surface area contributed by atoms with Crippen molar-refractivity contribution in [3.05, 3.63) is 71.8 Å². The second-order valence-electron chi connectivity index (χ2n) is 6.98. The molecule has 0 saturated heterocycles. The average molecular weight is 410 g/mol. The van der Waals surface area contributed by atoms with Crippen molar-refractivity contribution in [1.29, 1.82) is 0 Å². The first-order chi connectivity index (χ1) is 13.9. The van der Waals surface area contributed by atoms with Gasteiger partial charge in [-0.05, 0) is 37.1 Å². The maximum Gasteiger partial charge on any atom is 0.265 e. The summed E-state index contributed by atoms with van der Waals surface area (Å²) < 4.78 is 31.7. The number of hydrogen-bond acceptors (Lipinski definition) is 4. The fraction of sp³-hybridized carbons (Fsp3) is 0.238. The van der Waals surface area contributed by atoms with Crippen molar-refractivity contribution in [2.24, 2.45) is 0 Å². The summed E-state index contributed by atoms with van der Waals surface area (Å²) in [7, 11) is -3.73. The van der Waals surface area contributed by atoms with Crippen molar-refractivity contribution in [2.75, 3.05) is 4.72 Å². The Morgan fingerprint density at radius 2 is 1.83 bits per heavy atom. The predicted octanol–water partition coefficient (Wildman–Crippen LogP) is 3.72. The molecular formula is C21H23N5O2S. The van der Waals surface area contributed by atoms with Crippen LogP contribution in [0.5, 0.6) is 0 Å². The zero-order chi connectivity index (χ0) is 20.6. The normalized spacial score (nSPS) is 11.8. The fourth-order valence-corrected chi connectivity index (χ4v) is 4.57. The summed E-state index contributed by atoms with van der Waals surface area (Å²) >= 11 is 0. The molecule has 4 rings (SSSR count). The molecule has 0 atom stereocenters. The van der Waals surface area contributed by atoms with Gasteiger partial charge in [-0.25, -0.2) is 8.42 Å². The molecule has 0 amide bonds. The molecule has 0 aliphatic heterocycles. The van der Waals surface area contributed by atoms with Crippen molar-refractivity contribution in [1.82, 2.24) is 19.6 Å². The molecule has 0 aliphatic carbocycles. The van der Waals surface area contributed by atoms with Gasteiger partial charge in [-0.15, -0.1) is 0 Å². The summed E-state index contributed by atoms with van der Waals surface area (Å²) in [6, 6.07) is 14.4. The molecule has 2 aromatic carbocycles. The Balaban J connectivity index is 1.66. The number of benzene rings is 2. The summed E-state index contributed by atoms with van der Waals surface area (Å²) in [6.45, 7) is 6.75. The molecule has 0 bridgehead atoms. The Bertz CT molecular complexity index is 1280. The first-order valence-corrected chi connectivity index (χ1v) is 10.9. The van der Waals surface area contributed by atoms with Crippen LogP contribution in [0.3, 0.4) is 0 Å². The quantitative estimate of drug-likeness (QED) is 0.526. The third kappa shape index (κ3) is 3.63. The van der Waals surface area contributed by atoms with E-state index in [1.807, 2.05) is 36.7 Å². The molecule has 0 unspecified atom stereocenters. The minimum atomic E-state index is -3.73. The van der Waals surface area contributed by atoms with Crippen LogP contribution in [0.2, 0.25) is 0 Å². The van der Waals surface area contributed by atoms with E-state index in [1.54, 1.807) is 11.6 Å². The third-order valence-corrected chi connectivity index (χ3v) is 6.37. The summed E-state index contributed by atoms with van der Waals surface area (Å²) in [5.74, 6) is 0. The molecule has 0 saturated carbocycles. The van der Waals surface area contributed by atoms with E-state index < -0.39 is 10.0 Å². The topological polar surface area (TPSA) is 81.8 Å². The monoisotopic (exact) mass is 409 g/mol. The van der Waals surface area contributed by atoms with Gasteiger partial charge >= 0.3 is 0 Å². The number of aryl methyl sites for hydroxylation is 2. The highest BCUT2D eigenvalue weighted by Crippen LogP contribution is 2.25. The Morgan fingerprint density at radius 1 is 1.07 bits per heavy atom. The highest BCUT2D eigenvalue weighted by atomic mass is 32.2. The lowest BCUT2D eigenvalue weighted by Crippen LogP contribution is -2.14. The fourth-order valence-electron chi connectivity index (χ4n) is 3.44. The van der Waals surface area contributed by atoms with Crippen molar-refractivity contribution in [2.45, 2.75) is 38.8 Å². The maximum absolute atomic E-state index is 12.8. The Labute approximate surface area is 170 Å². The molecule has 0 aliphatic rings. The smallest absolute Gasteiger partial charge is 0.265 e. The van der Waals surface area contributed by atoms with Gasteiger partial charge in [0, 0.05) is 12.7 Å². The average Bonchev–Trinajstić information content (AvgIpc) is 3.30. The zero-order valence-corrected chi connectivity index (χ0v) is 17.4. The number of nitrogens with zero attached hydrogens (tertiary/aromatic N) is 4. The van der Waals surface area contributed by atoms with E-state index in [2.05, 4.69) is 39.2 Å². The molecule has 8 heteroatoms. The van der Waals surface area contributed by atoms with Crippen LogP contribution in [0.15, 0.2) is 59.8 Å². The summed E-state index contributed by atoms with van der Waals surface area (Å²) in [4.78, 5) is 0.139. The molecule has 2 heterocycles. The first-order valence-electron chi connectivity index (χ1n) is 9.45. The number of fused-ring (bicyclic) bond motifs is 1. The van der Waals surface area contributed by atoms with Crippen molar-refractivity contribution < 1.29 is 8.42 Å². The largest absolute Gasteiger partial charge is 0.276 e. The van der Waals surface area contributed by atoms with Crippen LogP contribution in [0, 0.1) is 13.8 Å². The molecule has 4 aromatic rings. The Hall–Kier alpha value is -3.13. The summed E-state index contributed by atoms with van der Waals surface area (Å²) in [6.07, 6.45) is 2.88. The third-order valence-electron chi connectivity index (χ3n) is 5.06. The maximum atomic E-state index is 12.8. The number of anilines is 1. The van der Waals surface area contributed by atoms with Gasteiger partial charge in [0.1, 0.15) is 4.90 Å². The highest BCUT2D eigenvalue weighted by Gasteiger charge is 2.21. The summed E-state index contributed by atoms with van der Waals surface area (Å²) in [5, 5.41) is 11.0. The lowest BCUT2D eigenvalue weighted by Gasteiger charge is -2.10. The van der Waals surface area contributed by atoms with Crippen LogP contribution < -0.4 is 4.72 Å². The lowest BCUT2D eigenvalue weighted by atomic mass is 10.0. The van der Waals surface area contributed by atoms with Crippen molar-refractivity contribution in [3.8, 4) is 0 Å². The van der Waals surface area contributed by atoms with Crippen LogP contribution in [0.25, 0.3) is 10.8 Å². The van der Waals surface area contributed by atoms with E-state index in [9.17, 15) is 8.42 Å². The minimum Gasteiger partial charge on any atom is -0.276 e. The second-order valence-corrected chi connectivity index (χ2v) is 8.66. The zero-order valence-electron chi connectivity index (χ0n) is 16.6. The van der Waals surface area contributed by atoms with Gasteiger partial charge in [0.2, 0.25) is 0 Å². The Kier molecular flexibility index (Phi) is 4.87. The predicted molar refractivity (Wildman–Crippen MR) is 113 cm³/mol. The van der Waals surface area contributed by atoms with Crippen LogP contribution in [-0.4, -0.2) is 28.0 Å². The van der Waals surface area contributed by atoms with Crippen LogP contribution in [-0.2, 0) is 23.1 Å². The van der Waals surface area contributed by atoms with Crippen LogP contribution in [0.4, 0.5) is 5.69 Å². The number of rotatable bonds is 6. The van der Waals surface area contributed by atoms with Gasteiger partial charge in [0.15, 0.2) is 0 Å². The van der Waals surface area contributed by atoms with E-state index in [1.165, 1.54) is 17.8 Å². The van der Waals surface area contributed by atoms with Gasteiger partial charge in [-0.3, -0.25) is 14.1 Å². The van der Waals surface area contributed by atoms with E-state index in [0.717, 1.165) is 16.6 Å². The number of hydrogen-bond donors (Lipinski definition) is 1. The minimum absolute atomic E-state index is 0.139. The molecule has 0 radical (unpaired) electrons. The van der Waals surface area contributed by atoms with E-state index >= 15 is 0 Å². The van der Waals surface area contributed by atoms with Gasteiger partial charge in [0.05, 0.1) is 29.8 Å². The SMILES string of the molecule is CCn1cc(S(=O)(=O)Nc2c(C)nn(Cc3cccc4ccccc34)c2C)cn1. The van der Waals surface area contributed by atoms with Crippen molar-refractivity contribution >= 4 is 26.5 Å². The molecule has 0 spiro atoms. The number of sulfonamides is 1. The molecule has 29 heavy (non-hydrogen) atoms. The summed E-state index contributed by atoms with van der Waals surface area (Å²) in [5.41, 5.74) is 3.04. The van der Waals surface area contributed by atoms with E-state index in [4.69, 9.17) is 0 Å². The lowest BCUT2D eigenvalue weighted by molar-refractivity contribution is 0.600. The Morgan fingerprint density at radius 3 is 2.59 bits per heavy atom. The van der Waals surface area contributed by atoms with Gasteiger partial charge in [0.25, 0.3) is 10.0 Å². The molecule has 0 fully saturated rings. The molecule has 2 aromatic heterocycles. The van der Waals surface area contributed by atoms with Crippen LogP contribution in [0.1, 0.15) is 23.9 Å². The van der Waals surface area contributed by atoms with Gasteiger partial charge < -0.3 is 0 Å². The highest BCUT2D eigenvalue weighted by molar-refractivity contribution is 7.92. The molecular weight excluding hydrogens is 386 g/mol. The van der Waals surface area contributed by atoms with E-state index in [-0.39, 0.29) is 4.90 Å². The first kappa shape index (κ1) is 19.2. The molecule has 1 N–H and O–H groups in total. The number of nitrogens with one attached hydrogen (secondary N) is 1. The van der Waals surface area contributed by atoms with E-state index in [0.29, 0.717) is 24.5 Å². The van der Waals surface area contributed by atoms with Crippen LogP contribution >= 0.6 is 0 Å². The number of aromatic nitrogens is 4. The second kappa shape index (κ2) is 7.36. The molecule has 7 nitrogen and oxygen atoms in total. The van der Waals surface area contributed by atoms with Gasteiger partial charge in [-0.1, -0.05) is 42.5 Å². The standard InChI is InChI=1S/C21H23N5O2S/c1-4-25-14-19(12-22-25)29(27,28)24-21-15(2)23-26(16(21)3)13-18-10-7-9-17-8-5-6-11-20(17)18/h5-12,14,24H,4,13H2,1-3H3. The molecule has 150 valence electrons. The van der Waals surface area contributed by atoms with Gasteiger partial charge in [-0.2, -0.15) is 10.2 Å². The van der Waals surface area contributed by atoms with Crippen molar-refractivity contribution in [3.63, 3.8) is 0 Å².